The summed E-state index contributed by atoms with van der Waals surface area (Å²) in [4.78, 5) is 37.5. The van der Waals surface area contributed by atoms with Crippen LogP contribution in [0.3, 0.4) is 0 Å². The number of carbonyl (C=O) groups excluding carboxylic acids is 3. The third-order valence-corrected chi connectivity index (χ3v) is 5.25. The minimum atomic E-state index is -0.842. The van der Waals surface area contributed by atoms with Gasteiger partial charge in [0, 0.05) is 23.6 Å². The first-order chi connectivity index (χ1) is 12.5. The predicted octanol–water partition coefficient (Wildman–Crippen LogP) is 1.67. The van der Waals surface area contributed by atoms with E-state index in [1.807, 2.05) is 13.0 Å². The van der Waals surface area contributed by atoms with Gasteiger partial charge in [-0.2, -0.15) is 0 Å². The first kappa shape index (κ1) is 16.6. The fourth-order valence-corrected chi connectivity index (χ4v) is 4.01. The van der Waals surface area contributed by atoms with E-state index in [9.17, 15) is 14.4 Å². The van der Waals surface area contributed by atoms with Crippen LogP contribution in [0.15, 0.2) is 29.5 Å². The Morgan fingerprint density at radius 3 is 2.73 bits per heavy atom. The highest BCUT2D eigenvalue weighted by Crippen LogP contribution is 2.44. The van der Waals surface area contributed by atoms with Crippen molar-refractivity contribution < 1.29 is 28.6 Å². The lowest BCUT2D eigenvalue weighted by Gasteiger charge is -2.36. The van der Waals surface area contributed by atoms with Gasteiger partial charge in [0.15, 0.2) is 17.3 Å². The van der Waals surface area contributed by atoms with Crippen LogP contribution in [0.1, 0.15) is 31.2 Å². The van der Waals surface area contributed by atoms with Gasteiger partial charge in [-0.1, -0.05) is 13.0 Å². The van der Waals surface area contributed by atoms with E-state index in [1.165, 1.54) is 7.11 Å². The molecule has 3 unspecified atom stereocenters. The van der Waals surface area contributed by atoms with Crippen molar-refractivity contribution >= 4 is 17.7 Å². The summed E-state index contributed by atoms with van der Waals surface area (Å²) in [6.45, 7) is 1.97. The number of fused-ring (bicyclic) bond motifs is 1. The molecule has 3 atom stereocenters. The molecule has 26 heavy (non-hydrogen) atoms. The molecule has 7 heteroatoms. The number of hydrogen-bond donors (Lipinski definition) is 1. The predicted molar refractivity (Wildman–Crippen MR) is 89.4 cm³/mol. The van der Waals surface area contributed by atoms with Gasteiger partial charge in [0.25, 0.3) is 0 Å². The minimum Gasteiger partial charge on any atom is -0.468 e. The van der Waals surface area contributed by atoms with E-state index in [-0.39, 0.29) is 30.8 Å². The Balaban J connectivity index is 1.77. The number of esters is 1. The third kappa shape index (κ3) is 2.55. The molecule has 0 spiro atoms. The Morgan fingerprint density at radius 2 is 1.96 bits per heavy atom. The first-order valence-electron chi connectivity index (χ1n) is 8.54. The zero-order chi connectivity index (χ0) is 18.4. The largest absolute Gasteiger partial charge is 0.468 e. The number of hydrogen-bond acceptors (Lipinski definition) is 6. The number of methoxy groups -OCH3 is 1. The van der Waals surface area contributed by atoms with Crippen molar-refractivity contribution in [2.24, 2.45) is 11.8 Å². The molecule has 1 amide bonds. The van der Waals surface area contributed by atoms with Crippen molar-refractivity contribution in [3.63, 3.8) is 0 Å². The summed E-state index contributed by atoms with van der Waals surface area (Å²) in [5.74, 6) is -1.20. The molecule has 7 nitrogen and oxygen atoms in total. The summed E-state index contributed by atoms with van der Waals surface area (Å²) in [5, 5.41) is 2.82. The van der Waals surface area contributed by atoms with Gasteiger partial charge < -0.3 is 19.5 Å². The maximum absolute atomic E-state index is 13.1. The molecule has 4 rings (SSSR count). The standard InChI is InChI=1S/C19H19NO6/c1-9-5-12-17(18(22)16(9)19(23)24-2)11(7-15(21)20-12)10-3-4-13-14(6-10)26-8-25-13/h3-4,6,9,11,16H,5,7-8H2,1-2H3,(H,20,21). The van der Waals surface area contributed by atoms with E-state index in [2.05, 4.69) is 5.32 Å². The topological polar surface area (TPSA) is 90.9 Å². The number of benzene rings is 1. The van der Waals surface area contributed by atoms with Gasteiger partial charge >= 0.3 is 5.97 Å². The maximum Gasteiger partial charge on any atom is 0.316 e. The van der Waals surface area contributed by atoms with Gasteiger partial charge in [-0.15, -0.1) is 0 Å². The van der Waals surface area contributed by atoms with Gasteiger partial charge in [-0.25, -0.2) is 0 Å². The molecular formula is C19H19NO6. The smallest absolute Gasteiger partial charge is 0.316 e. The molecule has 1 aromatic carbocycles. The van der Waals surface area contributed by atoms with Crippen molar-refractivity contribution in [2.75, 3.05) is 13.9 Å². The Morgan fingerprint density at radius 1 is 1.19 bits per heavy atom. The van der Waals surface area contributed by atoms with Crippen molar-refractivity contribution in [3.05, 3.63) is 35.0 Å². The first-order valence-corrected chi connectivity index (χ1v) is 8.54. The van der Waals surface area contributed by atoms with Crippen LogP contribution < -0.4 is 14.8 Å². The van der Waals surface area contributed by atoms with E-state index < -0.39 is 17.8 Å². The van der Waals surface area contributed by atoms with Gasteiger partial charge in [0.2, 0.25) is 12.7 Å². The average Bonchev–Trinajstić information content (AvgIpc) is 3.08. The minimum absolute atomic E-state index is 0.136. The quantitative estimate of drug-likeness (QED) is 0.640. The average molecular weight is 357 g/mol. The van der Waals surface area contributed by atoms with E-state index in [0.29, 0.717) is 29.2 Å². The van der Waals surface area contributed by atoms with Gasteiger partial charge in [-0.3, -0.25) is 14.4 Å². The summed E-state index contributed by atoms with van der Waals surface area (Å²) < 4.78 is 15.6. The third-order valence-electron chi connectivity index (χ3n) is 5.25. The molecule has 0 saturated carbocycles. The number of amides is 1. The Bertz CT molecular complexity index is 842. The highest BCUT2D eigenvalue weighted by molar-refractivity contribution is 6.11. The molecule has 2 heterocycles. The van der Waals surface area contributed by atoms with Crippen molar-refractivity contribution in [1.29, 1.82) is 0 Å². The van der Waals surface area contributed by atoms with E-state index in [1.54, 1.807) is 12.1 Å². The van der Waals surface area contributed by atoms with E-state index in [0.717, 1.165) is 5.56 Å². The number of allylic oxidation sites excluding steroid dienone is 2. The van der Waals surface area contributed by atoms with Crippen LogP contribution in [-0.4, -0.2) is 31.6 Å². The Labute approximate surface area is 150 Å². The second-order valence-electron chi connectivity index (χ2n) is 6.86. The lowest BCUT2D eigenvalue weighted by molar-refractivity contribution is -0.151. The highest BCUT2D eigenvalue weighted by atomic mass is 16.7. The summed E-state index contributed by atoms with van der Waals surface area (Å²) in [7, 11) is 1.28. The van der Waals surface area contributed by atoms with Gasteiger partial charge in [0.1, 0.15) is 5.92 Å². The summed E-state index contributed by atoms with van der Waals surface area (Å²) >= 11 is 0. The zero-order valence-electron chi connectivity index (χ0n) is 14.5. The number of rotatable bonds is 2. The number of nitrogens with one attached hydrogen (secondary N) is 1. The maximum atomic E-state index is 13.1. The normalized spacial score (nSPS) is 27.1. The van der Waals surface area contributed by atoms with Crippen LogP contribution in [0.2, 0.25) is 0 Å². The van der Waals surface area contributed by atoms with Crippen LogP contribution in [0.5, 0.6) is 11.5 Å². The molecule has 1 N–H and O–H groups in total. The lowest BCUT2D eigenvalue weighted by atomic mass is 9.70. The zero-order valence-corrected chi connectivity index (χ0v) is 14.5. The van der Waals surface area contributed by atoms with Crippen molar-refractivity contribution in [2.45, 2.75) is 25.7 Å². The second-order valence-corrected chi connectivity index (χ2v) is 6.86. The van der Waals surface area contributed by atoms with Gasteiger partial charge in [-0.05, 0) is 30.0 Å². The molecule has 0 aromatic heterocycles. The van der Waals surface area contributed by atoms with Crippen LogP contribution in [0, 0.1) is 11.8 Å². The van der Waals surface area contributed by atoms with E-state index in [4.69, 9.17) is 14.2 Å². The van der Waals surface area contributed by atoms with Crippen molar-refractivity contribution in [1.82, 2.24) is 5.32 Å². The SMILES string of the molecule is COC(=O)C1C(=O)C2=C(CC1C)NC(=O)CC2c1ccc2c(c1)OCO2. The number of ether oxygens (including phenoxy) is 3. The van der Waals surface area contributed by atoms with Crippen LogP contribution >= 0.6 is 0 Å². The second kappa shape index (κ2) is 6.16. The fourth-order valence-electron chi connectivity index (χ4n) is 4.01. The molecule has 1 aromatic rings. The van der Waals surface area contributed by atoms with E-state index >= 15 is 0 Å². The highest BCUT2D eigenvalue weighted by Gasteiger charge is 2.45. The molecule has 0 bridgehead atoms. The monoisotopic (exact) mass is 357 g/mol. The number of carbonyl (C=O) groups is 3. The number of ketones is 1. The molecule has 1 aliphatic carbocycles. The summed E-state index contributed by atoms with van der Waals surface area (Å²) in [6.07, 6.45) is 0.597. The van der Waals surface area contributed by atoms with Gasteiger partial charge in [0.05, 0.1) is 7.11 Å². The Kier molecular flexibility index (Phi) is 3.94. The fraction of sp³-hybridized carbons (Fsp3) is 0.421. The van der Waals surface area contributed by atoms with Crippen LogP contribution in [-0.2, 0) is 19.1 Å². The number of Topliss-reactive ketones (excluding diaryl/α,β-unsaturated/α-hetero) is 1. The molecule has 0 fully saturated rings. The molecule has 3 aliphatic rings. The molecule has 0 radical (unpaired) electrons. The molecule has 0 saturated heterocycles. The Hall–Kier alpha value is -2.83. The van der Waals surface area contributed by atoms with Crippen molar-refractivity contribution in [3.8, 4) is 11.5 Å². The summed E-state index contributed by atoms with van der Waals surface area (Å²) in [6, 6.07) is 5.41. The van der Waals surface area contributed by atoms with Crippen LogP contribution in [0.4, 0.5) is 0 Å². The summed E-state index contributed by atoms with van der Waals surface area (Å²) in [5.41, 5.74) is 1.90. The molecule has 2 aliphatic heterocycles. The molecule has 136 valence electrons. The molecular weight excluding hydrogens is 338 g/mol. The van der Waals surface area contributed by atoms with Crippen LogP contribution in [0.25, 0.3) is 0 Å². The lowest BCUT2D eigenvalue weighted by Crippen LogP contribution is -2.44.